The molecule has 6 heteroatoms. The van der Waals surface area contributed by atoms with Crippen LogP contribution in [0.25, 0.3) is 0 Å². The zero-order valence-electron chi connectivity index (χ0n) is 10.3. The van der Waals surface area contributed by atoms with E-state index in [2.05, 4.69) is 5.32 Å². The monoisotopic (exact) mass is 241 g/mol. The van der Waals surface area contributed by atoms with Crippen molar-refractivity contribution >= 4 is 5.91 Å². The summed E-state index contributed by atoms with van der Waals surface area (Å²) in [7, 11) is 1.53. The third-order valence-electron chi connectivity index (χ3n) is 2.06. The molecule has 0 aliphatic carbocycles. The van der Waals surface area contributed by atoms with Crippen LogP contribution in [0.2, 0.25) is 0 Å². The Kier molecular flexibility index (Phi) is 8.74. The van der Waals surface area contributed by atoms with Gasteiger partial charge < -0.3 is 20.1 Å². The van der Waals surface area contributed by atoms with Gasteiger partial charge in [0.25, 0.3) is 5.91 Å². The maximum atomic E-state index is 11.6. The number of carbonyl (C=O) groups is 1. The molecule has 1 amide bonds. The number of rotatable bonds is 8. The Morgan fingerprint density at radius 3 is 2.82 bits per heavy atom. The predicted octanol–water partition coefficient (Wildman–Crippen LogP) is -0.529. The molecule has 6 nitrogen and oxygen atoms in total. The van der Waals surface area contributed by atoms with E-state index in [0.29, 0.717) is 26.2 Å². The first kappa shape index (κ1) is 15.4. The number of nitrogens with one attached hydrogen (secondary N) is 1. The molecule has 17 heavy (non-hydrogen) atoms. The summed E-state index contributed by atoms with van der Waals surface area (Å²) in [5.74, 6) is -0.430. The minimum Gasteiger partial charge on any atom is -0.395 e. The lowest BCUT2D eigenvalue weighted by molar-refractivity contribution is -0.117. The van der Waals surface area contributed by atoms with Crippen LogP contribution < -0.4 is 5.32 Å². The summed E-state index contributed by atoms with van der Waals surface area (Å²) in [4.78, 5) is 13.3. The maximum Gasteiger partial charge on any atom is 0.263 e. The van der Waals surface area contributed by atoms with Gasteiger partial charge in [-0.2, -0.15) is 5.26 Å². The number of hydrogen-bond acceptors (Lipinski definition) is 5. The maximum absolute atomic E-state index is 11.6. The van der Waals surface area contributed by atoms with Crippen LogP contribution in [0.1, 0.15) is 6.92 Å². The number of amides is 1. The average molecular weight is 241 g/mol. The second-order valence-electron chi connectivity index (χ2n) is 3.26. The van der Waals surface area contributed by atoms with Gasteiger partial charge in [-0.3, -0.25) is 4.79 Å². The van der Waals surface area contributed by atoms with E-state index in [1.807, 2.05) is 13.0 Å². The second-order valence-corrected chi connectivity index (χ2v) is 3.26. The van der Waals surface area contributed by atoms with Crippen molar-refractivity contribution in [2.75, 3.05) is 40.0 Å². The number of nitriles is 1. The molecule has 0 atom stereocenters. The van der Waals surface area contributed by atoms with Gasteiger partial charge in [0.1, 0.15) is 11.6 Å². The minimum atomic E-state index is -0.430. The zero-order valence-corrected chi connectivity index (χ0v) is 10.3. The van der Waals surface area contributed by atoms with Gasteiger partial charge in [0.15, 0.2) is 0 Å². The molecule has 0 fully saturated rings. The predicted molar refractivity (Wildman–Crippen MR) is 62.9 cm³/mol. The number of aliphatic hydroxyl groups is 1. The molecule has 0 aromatic carbocycles. The van der Waals surface area contributed by atoms with E-state index < -0.39 is 5.91 Å². The third-order valence-corrected chi connectivity index (χ3v) is 2.06. The van der Waals surface area contributed by atoms with E-state index in [0.717, 1.165) is 0 Å². The highest BCUT2D eigenvalue weighted by molar-refractivity contribution is 5.97. The molecule has 96 valence electrons. The Bertz CT molecular complexity index is 297. The molecule has 0 aliphatic rings. The van der Waals surface area contributed by atoms with Crippen molar-refractivity contribution in [3.05, 3.63) is 11.8 Å². The van der Waals surface area contributed by atoms with Crippen LogP contribution in [-0.4, -0.2) is 55.9 Å². The van der Waals surface area contributed by atoms with Crippen molar-refractivity contribution in [3.8, 4) is 6.07 Å². The molecule has 0 spiro atoms. The number of nitrogens with zero attached hydrogens (tertiary/aromatic N) is 2. The smallest absolute Gasteiger partial charge is 0.263 e. The van der Waals surface area contributed by atoms with Gasteiger partial charge in [0.05, 0.1) is 13.2 Å². The van der Waals surface area contributed by atoms with E-state index in [1.165, 1.54) is 13.3 Å². The number of likely N-dealkylation sites (N-methyl/N-ethyl adjacent to an activating group) is 1. The molecule has 2 N–H and O–H groups in total. The van der Waals surface area contributed by atoms with Crippen molar-refractivity contribution in [3.63, 3.8) is 0 Å². The summed E-state index contributed by atoms with van der Waals surface area (Å²) < 4.78 is 4.79. The fourth-order valence-corrected chi connectivity index (χ4v) is 1.13. The molecule has 0 aromatic heterocycles. The van der Waals surface area contributed by atoms with Crippen LogP contribution in [-0.2, 0) is 9.53 Å². The van der Waals surface area contributed by atoms with Crippen molar-refractivity contribution in [2.45, 2.75) is 6.92 Å². The average Bonchev–Trinajstić information content (AvgIpc) is 2.34. The van der Waals surface area contributed by atoms with Crippen molar-refractivity contribution in [2.24, 2.45) is 0 Å². The number of methoxy groups -OCH3 is 1. The Morgan fingerprint density at radius 2 is 2.35 bits per heavy atom. The summed E-state index contributed by atoms with van der Waals surface area (Å²) in [6, 6.07) is 1.84. The van der Waals surface area contributed by atoms with Crippen LogP contribution in [0.15, 0.2) is 11.8 Å². The Morgan fingerprint density at radius 1 is 1.65 bits per heavy atom. The van der Waals surface area contributed by atoms with Crippen molar-refractivity contribution < 1.29 is 14.6 Å². The lowest BCUT2D eigenvalue weighted by Gasteiger charge is -2.16. The lowest BCUT2D eigenvalue weighted by Crippen LogP contribution is -2.30. The highest BCUT2D eigenvalue weighted by atomic mass is 16.5. The fourth-order valence-electron chi connectivity index (χ4n) is 1.13. The van der Waals surface area contributed by atoms with Gasteiger partial charge in [-0.25, -0.2) is 0 Å². The van der Waals surface area contributed by atoms with Crippen LogP contribution in [0.4, 0.5) is 0 Å². The number of hydrogen-bond donors (Lipinski definition) is 2. The van der Waals surface area contributed by atoms with E-state index in [-0.39, 0.29) is 12.2 Å². The molecule has 0 unspecified atom stereocenters. The van der Waals surface area contributed by atoms with Gasteiger partial charge in [0.2, 0.25) is 0 Å². The van der Waals surface area contributed by atoms with Crippen molar-refractivity contribution in [1.82, 2.24) is 10.2 Å². The molecule has 0 saturated heterocycles. The molecule has 0 saturated carbocycles. The molecule has 0 radical (unpaired) electrons. The highest BCUT2D eigenvalue weighted by Crippen LogP contribution is 1.97. The topological polar surface area (TPSA) is 85.6 Å². The quantitative estimate of drug-likeness (QED) is 0.339. The Labute approximate surface area is 101 Å². The number of carbonyl (C=O) groups excluding carboxylic acids is 1. The molecule has 0 bridgehead atoms. The summed E-state index contributed by atoms with van der Waals surface area (Å²) in [5, 5.41) is 20.2. The van der Waals surface area contributed by atoms with Crippen LogP contribution in [0.3, 0.4) is 0 Å². The van der Waals surface area contributed by atoms with Crippen LogP contribution in [0.5, 0.6) is 0 Å². The van der Waals surface area contributed by atoms with E-state index in [9.17, 15) is 4.79 Å². The van der Waals surface area contributed by atoms with Crippen LogP contribution in [0, 0.1) is 11.3 Å². The highest BCUT2D eigenvalue weighted by Gasteiger charge is 2.09. The summed E-state index contributed by atoms with van der Waals surface area (Å²) in [5.41, 5.74) is 0.0244. The lowest BCUT2D eigenvalue weighted by atomic mass is 10.3. The largest absolute Gasteiger partial charge is 0.395 e. The van der Waals surface area contributed by atoms with Gasteiger partial charge in [0, 0.05) is 32.9 Å². The van der Waals surface area contributed by atoms with E-state index in [4.69, 9.17) is 15.1 Å². The minimum absolute atomic E-state index is 0.0195. The third kappa shape index (κ3) is 6.56. The molecule has 0 aromatic rings. The summed E-state index contributed by atoms with van der Waals surface area (Å²) in [6.45, 7) is 3.64. The summed E-state index contributed by atoms with van der Waals surface area (Å²) >= 11 is 0. The summed E-state index contributed by atoms with van der Waals surface area (Å²) in [6.07, 6.45) is 1.46. The second kappa shape index (κ2) is 9.63. The molecular weight excluding hydrogens is 222 g/mol. The van der Waals surface area contributed by atoms with Crippen molar-refractivity contribution in [1.29, 1.82) is 5.26 Å². The van der Waals surface area contributed by atoms with Crippen LogP contribution >= 0.6 is 0 Å². The first-order chi connectivity index (χ1) is 8.19. The van der Waals surface area contributed by atoms with E-state index >= 15 is 0 Å². The first-order valence-electron chi connectivity index (χ1n) is 5.43. The SMILES string of the molecule is CCN(/C=C(/C#N)C(=O)NCCOC)CCO. The Balaban J connectivity index is 4.42. The molecule has 0 heterocycles. The van der Waals surface area contributed by atoms with Gasteiger partial charge in [-0.05, 0) is 6.92 Å². The number of ether oxygens (including phenoxy) is 1. The standard InChI is InChI=1S/C11H19N3O3/c1-3-14(5-6-15)9-10(8-12)11(16)13-4-7-17-2/h9,15H,3-7H2,1-2H3,(H,13,16)/b10-9-. The van der Waals surface area contributed by atoms with Gasteiger partial charge >= 0.3 is 0 Å². The Hall–Kier alpha value is -1.58. The fraction of sp³-hybridized carbons (Fsp3) is 0.636. The van der Waals surface area contributed by atoms with Gasteiger partial charge in [-0.15, -0.1) is 0 Å². The molecular formula is C11H19N3O3. The first-order valence-corrected chi connectivity index (χ1v) is 5.43. The molecule has 0 rings (SSSR count). The van der Waals surface area contributed by atoms with Gasteiger partial charge in [-0.1, -0.05) is 0 Å². The van der Waals surface area contributed by atoms with E-state index in [1.54, 1.807) is 4.90 Å². The molecule has 0 aliphatic heterocycles. The zero-order chi connectivity index (χ0) is 13.1. The number of aliphatic hydroxyl groups excluding tert-OH is 1. The normalized spacial score (nSPS) is 10.8.